The van der Waals surface area contributed by atoms with E-state index >= 15 is 0 Å². The maximum Gasteiger partial charge on any atom is 0.432 e. The maximum absolute atomic E-state index is 9.77. The van der Waals surface area contributed by atoms with E-state index in [1.165, 1.54) is 37.7 Å². The highest BCUT2D eigenvalue weighted by molar-refractivity contribution is 6.17. The summed E-state index contributed by atoms with van der Waals surface area (Å²) in [6, 6.07) is 2.76. The molecule has 0 aliphatic rings. The number of nitro groups is 1. The van der Waals surface area contributed by atoms with Crippen LogP contribution in [-0.2, 0) is 0 Å². The number of hydrogen-bond acceptors (Lipinski definition) is 3. The Morgan fingerprint density at radius 1 is 1.57 bits per heavy atom. The van der Waals surface area contributed by atoms with Crippen molar-refractivity contribution in [2.24, 2.45) is 0 Å². The molecule has 5 heteroatoms. The summed E-state index contributed by atoms with van der Waals surface area (Å²) in [6.45, 7) is 2.17. The Bertz CT molecular complexity index is 232. The highest BCUT2D eigenvalue weighted by Gasteiger charge is 2.04. The van der Waals surface area contributed by atoms with Gasteiger partial charge in [-0.05, 0) is 12.5 Å². The van der Waals surface area contributed by atoms with Gasteiger partial charge in [-0.25, -0.2) is 0 Å². The Morgan fingerprint density at radius 2 is 2.29 bits per heavy atom. The molecule has 0 spiro atoms. The van der Waals surface area contributed by atoms with Gasteiger partial charge in [0.05, 0.1) is 12.3 Å². The third-order valence-corrected chi connectivity index (χ3v) is 1.69. The molecule has 0 aliphatic carbocycles. The Hall–Kier alpha value is -1.03. The van der Waals surface area contributed by atoms with Gasteiger partial charge in [-0.15, -0.1) is 11.6 Å². The maximum atomic E-state index is 9.77. The molecule has 0 radical (unpaired) electrons. The van der Waals surface area contributed by atoms with Gasteiger partial charge in [0.15, 0.2) is 0 Å². The molecule has 0 aromatic carbocycles. The van der Waals surface area contributed by atoms with E-state index in [1.54, 1.807) is 0 Å². The molecule has 0 fully saturated rings. The second-order valence-electron chi connectivity index (χ2n) is 2.60. The molecule has 0 aliphatic heterocycles. The SMILES string of the molecule is CCCCCCl.O=[N+]([O-])c1ccco1. The summed E-state index contributed by atoms with van der Waals surface area (Å²) in [4.78, 5) is 9.19. The number of rotatable bonds is 4. The van der Waals surface area contributed by atoms with Crippen LogP contribution in [0.2, 0.25) is 0 Å². The van der Waals surface area contributed by atoms with Gasteiger partial charge in [0.2, 0.25) is 0 Å². The van der Waals surface area contributed by atoms with E-state index in [-0.39, 0.29) is 5.88 Å². The van der Waals surface area contributed by atoms with Crippen molar-refractivity contribution in [2.45, 2.75) is 26.2 Å². The van der Waals surface area contributed by atoms with Crippen molar-refractivity contribution in [2.75, 3.05) is 5.88 Å². The quantitative estimate of drug-likeness (QED) is 0.336. The molecule has 0 N–H and O–H groups in total. The van der Waals surface area contributed by atoms with Crippen molar-refractivity contribution < 1.29 is 9.34 Å². The van der Waals surface area contributed by atoms with Crippen LogP contribution < -0.4 is 0 Å². The Balaban J connectivity index is 0.000000255. The van der Waals surface area contributed by atoms with E-state index in [0.717, 1.165) is 5.88 Å². The molecule has 0 bridgehead atoms. The first-order valence-electron chi connectivity index (χ1n) is 4.46. The van der Waals surface area contributed by atoms with E-state index < -0.39 is 4.92 Å². The van der Waals surface area contributed by atoms with E-state index in [2.05, 4.69) is 11.3 Å². The fourth-order valence-electron chi connectivity index (χ4n) is 0.718. The number of alkyl halides is 1. The summed E-state index contributed by atoms with van der Waals surface area (Å²) in [5.41, 5.74) is 0. The molecule has 0 saturated carbocycles. The summed E-state index contributed by atoms with van der Waals surface area (Å²) >= 11 is 5.38. The van der Waals surface area contributed by atoms with Crippen LogP contribution in [0.3, 0.4) is 0 Å². The largest absolute Gasteiger partial charge is 0.432 e. The fraction of sp³-hybridized carbons (Fsp3) is 0.556. The van der Waals surface area contributed by atoms with Crippen molar-refractivity contribution in [1.29, 1.82) is 0 Å². The predicted octanol–water partition coefficient (Wildman–Crippen LogP) is 3.60. The summed E-state index contributed by atoms with van der Waals surface area (Å²) in [5, 5.41) is 9.77. The van der Waals surface area contributed by atoms with E-state index in [9.17, 15) is 10.1 Å². The van der Waals surface area contributed by atoms with Crippen LogP contribution in [-0.4, -0.2) is 10.8 Å². The zero-order valence-electron chi connectivity index (χ0n) is 8.11. The minimum Gasteiger partial charge on any atom is -0.409 e. The van der Waals surface area contributed by atoms with E-state index in [0.29, 0.717) is 0 Å². The molecular formula is C9H14ClNO3. The Morgan fingerprint density at radius 3 is 2.50 bits per heavy atom. The molecular weight excluding hydrogens is 206 g/mol. The number of unbranched alkanes of at least 4 members (excludes halogenated alkanes) is 2. The zero-order valence-corrected chi connectivity index (χ0v) is 8.87. The van der Waals surface area contributed by atoms with Gasteiger partial charge < -0.3 is 4.42 Å². The first kappa shape index (κ1) is 13.0. The Labute approximate surface area is 88.0 Å². The highest BCUT2D eigenvalue weighted by Crippen LogP contribution is 2.08. The van der Waals surface area contributed by atoms with Crippen molar-refractivity contribution in [1.82, 2.24) is 0 Å². The van der Waals surface area contributed by atoms with Crippen LogP contribution in [0.5, 0.6) is 0 Å². The Kier molecular flexibility index (Phi) is 7.93. The average Bonchev–Trinajstić information content (AvgIpc) is 2.68. The second-order valence-corrected chi connectivity index (χ2v) is 2.98. The summed E-state index contributed by atoms with van der Waals surface area (Å²) in [5.74, 6) is 0.610. The molecule has 0 unspecified atom stereocenters. The predicted molar refractivity (Wildman–Crippen MR) is 55.6 cm³/mol. The number of furan rings is 1. The lowest BCUT2D eigenvalue weighted by Gasteiger charge is -1.84. The van der Waals surface area contributed by atoms with E-state index in [1.807, 2.05) is 0 Å². The smallest absolute Gasteiger partial charge is 0.409 e. The van der Waals surface area contributed by atoms with Crippen LogP contribution in [0.25, 0.3) is 0 Å². The minimum absolute atomic E-state index is 0.218. The van der Waals surface area contributed by atoms with Crippen molar-refractivity contribution >= 4 is 17.5 Å². The number of halogens is 1. The third kappa shape index (κ3) is 6.48. The molecule has 4 nitrogen and oxygen atoms in total. The molecule has 1 heterocycles. The van der Waals surface area contributed by atoms with Crippen LogP contribution in [0.1, 0.15) is 26.2 Å². The molecule has 80 valence electrons. The van der Waals surface area contributed by atoms with Gasteiger partial charge in [-0.3, -0.25) is 10.1 Å². The number of nitrogens with zero attached hydrogens (tertiary/aromatic N) is 1. The van der Waals surface area contributed by atoms with E-state index in [4.69, 9.17) is 11.6 Å². The first-order valence-corrected chi connectivity index (χ1v) is 4.99. The molecule has 0 atom stereocenters. The van der Waals surface area contributed by atoms with Crippen LogP contribution in [0.4, 0.5) is 5.88 Å². The highest BCUT2D eigenvalue weighted by atomic mass is 35.5. The normalized spacial score (nSPS) is 9.00. The van der Waals surface area contributed by atoms with Gasteiger partial charge in [-0.2, -0.15) is 0 Å². The first-order chi connectivity index (χ1) is 6.72. The minimum atomic E-state index is -0.583. The molecule has 1 rings (SSSR count). The molecule has 0 saturated heterocycles. The van der Waals surface area contributed by atoms with Crippen molar-refractivity contribution in [3.05, 3.63) is 28.5 Å². The molecule has 0 amide bonds. The fourth-order valence-corrected chi connectivity index (χ4v) is 0.907. The molecule has 1 aromatic heterocycles. The topological polar surface area (TPSA) is 56.3 Å². The summed E-state index contributed by atoms with van der Waals surface area (Å²) in [6.07, 6.45) is 4.99. The van der Waals surface area contributed by atoms with Crippen LogP contribution in [0.15, 0.2) is 22.8 Å². The van der Waals surface area contributed by atoms with Crippen LogP contribution in [0, 0.1) is 10.1 Å². The van der Waals surface area contributed by atoms with Gasteiger partial charge in [0.1, 0.15) is 4.92 Å². The third-order valence-electron chi connectivity index (χ3n) is 1.42. The lowest BCUT2D eigenvalue weighted by atomic mass is 10.3. The molecule has 14 heavy (non-hydrogen) atoms. The second kappa shape index (κ2) is 8.56. The van der Waals surface area contributed by atoms with Gasteiger partial charge in [-0.1, -0.05) is 19.8 Å². The number of hydrogen-bond donors (Lipinski definition) is 0. The van der Waals surface area contributed by atoms with Crippen molar-refractivity contribution in [3.8, 4) is 0 Å². The van der Waals surface area contributed by atoms with Crippen LogP contribution >= 0.6 is 11.6 Å². The van der Waals surface area contributed by atoms with Crippen molar-refractivity contribution in [3.63, 3.8) is 0 Å². The summed E-state index contributed by atoms with van der Waals surface area (Å²) < 4.78 is 4.40. The van der Waals surface area contributed by atoms with Gasteiger partial charge in [0, 0.05) is 5.88 Å². The average molecular weight is 220 g/mol. The lowest BCUT2D eigenvalue weighted by Crippen LogP contribution is -1.81. The van der Waals surface area contributed by atoms with Gasteiger partial charge in [0.25, 0.3) is 0 Å². The molecule has 1 aromatic rings. The zero-order chi connectivity index (χ0) is 10.8. The monoisotopic (exact) mass is 219 g/mol. The van der Waals surface area contributed by atoms with Gasteiger partial charge >= 0.3 is 5.88 Å². The standard InChI is InChI=1S/C5H11Cl.C4H3NO3/c1-2-3-4-5-6;6-5(7)4-2-1-3-8-4/h2-5H2,1H3;1-3H. The lowest BCUT2D eigenvalue weighted by molar-refractivity contribution is -0.402. The summed E-state index contributed by atoms with van der Waals surface area (Å²) in [7, 11) is 0.